The molecule has 0 bridgehead atoms. The molecule has 1 aromatic carbocycles. The van der Waals surface area contributed by atoms with Crippen molar-refractivity contribution in [2.75, 3.05) is 25.0 Å². The van der Waals surface area contributed by atoms with Gasteiger partial charge in [-0.1, -0.05) is 18.2 Å². The molecule has 1 saturated heterocycles. The largest absolute Gasteiger partial charge is 0.336 e. The first kappa shape index (κ1) is 15.6. The van der Waals surface area contributed by atoms with E-state index in [-0.39, 0.29) is 11.8 Å². The van der Waals surface area contributed by atoms with Gasteiger partial charge in [0.25, 0.3) is 5.91 Å². The molecular weight excluding hydrogens is 348 g/mol. The SMILES string of the molecule is CN1C(=O)C2(CCCN(C(=O)c3cn4ccsc4n3)C2)c2ccccc21. The number of nitrogens with zero attached hydrogens (tertiary/aromatic N) is 4. The lowest BCUT2D eigenvalue weighted by molar-refractivity contribution is -0.124. The summed E-state index contributed by atoms with van der Waals surface area (Å²) in [4.78, 5) is 34.9. The third-order valence-corrected chi connectivity index (χ3v) is 6.36. The molecule has 26 heavy (non-hydrogen) atoms. The van der Waals surface area contributed by atoms with Crippen molar-refractivity contribution in [3.05, 3.63) is 53.3 Å². The molecule has 3 aromatic rings. The number of likely N-dealkylation sites (tertiary alicyclic amines) is 1. The molecule has 132 valence electrons. The highest BCUT2D eigenvalue weighted by molar-refractivity contribution is 7.15. The van der Waals surface area contributed by atoms with Gasteiger partial charge in [-0.05, 0) is 24.5 Å². The van der Waals surface area contributed by atoms with E-state index in [1.807, 2.05) is 47.3 Å². The number of piperidine rings is 1. The summed E-state index contributed by atoms with van der Waals surface area (Å²) in [6, 6.07) is 7.92. The van der Waals surface area contributed by atoms with Crippen LogP contribution >= 0.6 is 11.3 Å². The van der Waals surface area contributed by atoms with Crippen LogP contribution in [0.25, 0.3) is 4.96 Å². The maximum atomic E-state index is 13.1. The molecule has 0 N–H and O–H groups in total. The molecule has 2 amide bonds. The van der Waals surface area contributed by atoms with Gasteiger partial charge in [-0.2, -0.15) is 0 Å². The fraction of sp³-hybridized carbons (Fsp3) is 0.316. The topological polar surface area (TPSA) is 57.9 Å². The van der Waals surface area contributed by atoms with Crippen LogP contribution in [0.15, 0.2) is 42.0 Å². The fourth-order valence-corrected chi connectivity index (χ4v) is 5.03. The second kappa shape index (κ2) is 5.41. The van der Waals surface area contributed by atoms with Gasteiger partial charge in [0.15, 0.2) is 4.96 Å². The smallest absolute Gasteiger partial charge is 0.274 e. The normalized spacial score (nSPS) is 22.4. The van der Waals surface area contributed by atoms with E-state index in [0.29, 0.717) is 18.8 Å². The van der Waals surface area contributed by atoms with Gasteiger partial charge < -0.3 is 9.80 Å². The number of likely N-dealkylation sites (N-methyl/N-ethyl adjacent to an activating group) is 1. The van der Waals surface area contributed by atoms with Crippen molar-refractivity contribution in [2.24, 2.45) is 0 Å². The van der Waals surface area contributed by atoms with Crippen LogP contribution in [0.2, 0.25) is 0 Å². The third kappa shape index (κ3) is 2.00. The van der Waals surface area contributed by atoms with Gasteiger partial charge in [0.05, 0.1) is 5.41 Å². The van der Waals surface area contributed by atoms with Crippen molar-refractivity contribution >= 4 is 33.8 Å². The number of anilines is 1. The third-order valence-electron chi connectivity index (χ3n) is 5.59. The number of hydrogen-bond donors (Lipinski definition) is 0. The van der Waals surface area contributed by atoms with Crippen LogP contribution in [-0.4, -0.2) is 46.2 Å². The highest BCUT2D eigenvalue weighted by Gasteiger charge is 2.52. The van der Waals surface area contributed by atoms with Crippen LogP contribution in [0.3, 0.4) is 0 Å². The molecule has 4 heterocycles. The predicted molar refractivity (Wildman–Crippen MR) is 99.7 cm³/mol. The van der Waals surface area contributed by atoms with Gasteiger partial charge in [-0.25, -0.2) is 4.98 Å². The quantitative estimate of drug-likeness (QED) is 0.665. The number of thiazole rings is 1. The molecule has 0 saturated carbocycles. The molecule has 2 aliphatic rings. The van der Waals surface area contributed by atoms with E-state index >= 15 is 0 Å². The van der Waals surface area contributed by atoms with E-state index in [1.54, 1.807) is 16.0 Å². The van der Waals surface area contributed by atoms with Crippen LogP contribution in [-0.2, 0) is 10.2 Å². The zero-order chi connectivity index (χ0) is 17.9. The first-order chi connectivity index (χ1) is 12.6. The number of para-hydroxylation sites is 1. The molecular formula is C19H18N4O2S. The van der Waals surface area contributed by atoms with Crippen molar-refractivity contribution in [3.63, 3.8) is 0 Å². The molecule has 2 aliphatic heterocycles. The standard InChI is InChI=1S/C19H18N4O2S/c1-21-15-6-3-2-5-13(15)19(17(21)25)7-4-8-23(12-19)16(24)14-11-22-9-10-26-18(22)20-14/h2-3,5-6,9-11H,4,7-8,12H2,1H3. The van der Waals surface area contributed by atoms with E-state index in [2.05, 4.69) is 4.98 Å². The van der Waals surface area contributed by atoms with Crippen molar-refractivity contribution in [3.8, 4) is 0 Å². The number of amides is 2. The number of imidazole rings is 1. The van der Waals surface area contributed by atoms with Gasteiger partial charge in [0.1, 0.15) is 5.69 Å². The van der Waals surface area contributed by atoms with E-state index < -0.39 is 5.41 Å². The predicted octanol–water partition coefficient (Wildman–Crippen LogP) is 2.55. The number of fused-ring (bicyclic) bond motifs is 3. The van der Waals surface area contributed by atoms with Crippen LogP contribution in [0.4, 0.5) is 5.69 Å². The van der Waals surface area contributed by atoms with Crippen LogP contribution in [0.1, 0.15) is 28.9 Å². The molecule has 5 rings (SSSR count). The summed E-state index contributed by atoms with van der Waals surface area (Å²) >= 11 is 1.50. The first-order valence-corrected chi connectivity index (χ1v) is 9.57. The van der Waals surface area contributed by atoms with E-state index in [4.69, 9.17) is 0 Å². The van der Waals surface area contributed by atoms with Crippen LogP contribution in [0, 0.1) is 0 Å². The lowest BCUT2D eigenvalue weighted by atomic mass is 9.75. The van der Waals surface area contributed by atoms with Crippen molar-refractivity contribution < 1.29 is 9.59 Å². The summed E-state index contributed by atoms with van der Waals surface area (Å²) in [6.07, 6.45) is 5.25. The Kier molecular flexibility index (Phi) is 3.24. The van der Waals surface area contributed by atoms with Gasteiger partial charge >= 0.3 is 0 Å². The fourth-order valence-electron chi connectivity index (χ4n) is 4.33. The number of rotatable bonds is 1. The van der Waals surface area contributed by atoms with Gasteiger partial charge in [-0.15, -0.1) is 11.3 Å². The monoisotopic (exact) mass is 366 g/mol. The summed E-state index contributed by atoms with van der Waals surface area (Å²) in [6.45, 7) is 1.07. The van der Waals surface area contributed by atoms with Gasteiger partial charge in [-0.3, -0.25) is 14.0 Å². The molecule has 7 heteroatoms. The molecule has 2 aromatic heterocycles. The minimum atomic E-state index is -0.629. The zero-order valence-corrected chi connectivity index (χ0v) is 15.2. The van der Waals surface area contributed by atoms with Crippen molar-refractivity contribution in [2.45, 2.75) is 18.3 Å². The summed E-state index contributed by atoms with van der Waals surface area (Å²) in [5.74, 6) is -0.0122. The second-order valence-electron chi connectivity index (χ2n) is 7.01. The van der Waals surface area contributed by atoms with E-state index in [9.17, 15) is 9.59 Å². The Morgan fingerprint density at radius 2 is 2.15 bits per heavy atom. The molecule has 6 nitrogen and oxygen atoms in total. The molecule has 1 fully saturated rings. The zero-order valence-electron chi connectivity index (χ0n) is 14.4. The Hall–Kier alpha value is -2.67. The van der Waals surface area contributed by atoms with Gasteiger partial charge in [0, 0.05) is 43.6 Å². The number of aromatic nitrogens is 2. The summed E-state index contributed by atoms with van der Waals surface area (Å²) in [5.41, 5.74) is 1.81. The number of carbonyl (C=O) groups is 2. The molecule has 0 aliphatic carbocycles. The highest BCUT2D eigenvalue weighted by Crippen LogP contribution is 2.46. The van der Waals surface area contributed by atoms with Gasteiger partial charge in [0.2, 0.25) is 5.91 Å². The average Bonchev–Trinajstić information content (AvgIpc) is 3.32. The summed E-state index contributed by atoms with van der Waals surface area (Å²) in [5, 5.41) is 1.94. The maximum absolute atomic E-state index is 13.1. The van der Waals surface area contributed by atoms with Crippen molar-refractivity contribution in [1.29, 1.82) is 0 Å². The van der Waals surface area contributed by atoms with E-state index in [1.165, 1.54) is 11.3 Å². The number of hydrogen-bond acceptors (Lipinski definition) is 4. The Labute approximate surface area is 154 Å². The first-order valence-electron chi connectivity index (χ1n) is 8.69. The van der Waals surface area contributed by atoms with Crippen molar-refractivity contribution in [1.82, 2.24) is 14.3 Å². The summed E-state index contributed by atoms with van der Waals surface area (Å²) < 4.78 is 1.86. The Balaban J connectivity index is 1.51. The lowest BCUT2D eigenvalue weighted by Crippen LogP contribution is -2.53. The Bertz CT molecular complexity index is 1010. The highest BCUT2D eigenvalue weighted by atomic mass is 32.1. The molecule has 1 unspecified atom stereocenters. The Morgan fingerprint density at radius 3 is 3.00 bits per heavy atom. The van der Waals surface area contributed by atoms with E-state index in [0.717, 1.165) is 29.1 Å². The molecule has 0 radical (unpaired) electrons. The number of carbonyl (C=O) groups excluding carboxylic acids is 2. The lowest BCUT2D eigenvalue weighted by Gasteiger charge is -2.39. The van der Waals surface area contributed by atoms with Crippen LogP contribution < -0.4 is 4.90 Å². The average molecular weight is 366 g/mol. The maximum Gasteiger partial charge on any atom is 0.274 e. The number of benzene rings is 1. The second-order valence-corrected chi connectivity index (χ2v) is 7.89. The Morgan fingerprint density at radius 1 is 1.31 bits per heavy atom. The molecule has 1 spiro atoms. The summed E-state index contributed by atoms with van der Waals surface area (Å²) in [7, 11) is 1.82. The minimum Gasteiger partial charge on any atom is -0.336 e. The molecule has 1 atom stereocenters. The van der Waals surface area contributed by atoms with Crippen LogP contribution in [0.5, 0.6) is 0 Å². The minimum absolute atomic E-state index is 0.0852.